The van der Waals surface area contributed by atoms with Gasteiger partial charge >= 0.3 is 0 Å². The van der Waals surface area contributed by atoms with E-state index >= 15 is 0 Å². The fourth-order valence-corrected chi connectivity index (χ4v) is 6.50. The maximum Gasteiger partial charge on any atom is 0.138 e. The first-order valence-electron chi connectivity index (χ1n) is 14.4. The molecule has 5 aromatic carbocycles. The number of aromatic nitrogens is 5. The summed E-state index contributed by atoms with van der Waals surface area (Å²) in [6.45, 7) is 0. The molecule has 0 aliphatic rings. The van der Waals surface area contributed by atoms with Crippen molar-refractivity contribution in [3.05, 3.63) is 152 Å². The third kappa shape index (κ3) is 4.05. The van der Waals surface area contributed by atoms with E-state index < -0.39 is 0 Å². The van der Waals surface area contributed by atoms with Crippen molar-refractivity contribution in [2.75, 3.05) is 0 Å². The van der Waals surface area contributed by atoms with Gasteiger partial charge in [-0.1, -0.05) is 78.9 Å². The molecule has 0 spiro atoms. The van der Waals surface area contributed by atoms with E-state index in [-0.39, 0.29) is 21.1 Å². The number of para-hydroxylation sites is 2. The monoisotopic (exact) mass is 746 g/mol. The number of rotatable bonds is 4. The van der Waals surface area contributed by atoms with Gasteiger partial charge in [-0.2, -0.15) is 5.10 Å². The Morgan fingerprint density at radius 2 is 1.05 bits per heavy atom. The van der Waals surface area contributed by atoms with Crippen molar-refractivity contribution in [1.29, 1.82) is 0 Å². The molecule has 212 valence electrons. The molecular weight excluding hydrogens is 722 g/mol. The van der Waals surface area contributed by atoms with Crippen LogP contribution in [-0.2, 0) is 21.1 Å². The van der Waals surface area contributed by atoms with E-state index in [2.05, 4.69) is 136 Å². The van der Waals surface area contributed by atoms with Crippen molar-refractivity contribution in [2.24, 2.45) is 0 Å². The zero-order valence-electron chi connectivity index (χ0n) is 23.5. The summed E-state index contributed by atoms with van der Waals surface area (Å²) in [5, 5.41) is 9.33. The van der Waals surface area contributed by atoms with Crippen LogP contribution in [0.1, 0.15) is 0 Å². The van der Waals surface area contributed by atoms with Gasteiger partial charge in [0.15, 0.2) is 0 Å². The quantitative estimate of drug-likeness (QED) is 0.180. The van der Waals surface area contributed by atoms with E-state index in [0.717, 1.165) is 39.3 Å². The Hall–Kier alpha value is -5.25. The summed E-state index contributed by atoms with van der Waals surface area (Å²) in [5.74, 6) is 0.896. The Labute approximate surface area is 267 Å². The van der Waals surface area contributed by atoms with Crippen molar-refractivity contribution < 1.29 is 21.1 Å². The van der Waals surface area contributed by atoms with Gasteiger partial charge in [-0.05, 0) is 65.7 Å². The number of fused-ring (bicyclic) bond motifs is 6. The molecule has 0 saturated carbocycles. The maximum atomic E-state index is 4.89. The Morgan fingerprint density at radius 3 is 1.77 bits per heavy atom. The summed E-state index contributed by atoms with van der Waals surface area (Å²) in [6.07, 6.45) is 5.70. The van der Waals surface area contributed by atoms with Crippen LogP contribution in [0.25, 0.3) is 71.9 Å². The average molecular weight is 747 g/mol. The van der Waals surface area contributed by atoms with Crippen molar-refractivity contribution in [2.45, 2.75) is 0 Å². The molecule has 0 N–H and O–H groups in total. The molecule has 0 aliphatic heterocycles. The van der Waals surface area contributed by atoms with Crippen LogP contribution in [0.3, 0.4) is 0 Å². The van der Waals surface area contributed by atoms with Gasteiger partial charge in [0.25, 0.3) is 0 Å². The van der Waals surface area contributed by atoms with Gasteiger partial charge in [-0.3, -0.25) is 4.57 Å². The normalized spacial score (nSPS) is 11.5. The molecule has 0 unspecified atom stereocenters. The Balaban J connectivity index is 0.00000289. The molecular formula is C38H25N5Pt. The molecule has 9 rings (SSSR count). The molecule has 0 atom stereocenters. The zero-order valence-corrected chi connectivity index (χ0v) is 25.8. The predicted molar refractivity (Wildman–Crippen MR) is 175 cm³/mol. The SMILES string of the molecule is [Pt].c1ccc(-c2ccnc(-n3c4ccccc4c4ccc(-n5c6ccccc6c6ccc(-n7cccn7)cc65)cc43)c2)cc1. The number of hydrogen-bond acceptors (Lipinski definition) is 2. The van der Waals surface area contributed by atoms with Crippen LogP contribution < -0.4 is 0 Å². The summed E-state index contributed by atoms with van der Waals surface area (Å²) in [6, 6.07) is 47.3. The summed E-state index contributed by atoms with van der Waals surface area (Å²) < 4.78 is 6.57. The van der Waals surface area contributed by atoms with Gasteiger partial charge in [0.1, 0.15) is 5.82 Å². The molecule has 5 nitrogen and oxygen atoms in total. The number of hydrogen-bond donors (Lipinski definition) is 0. The molecule has 0 fully saturated rings. The fraction of sp³-hybridized carbons (Fsp3) is 0. The van der Waals surface area contributed by atoms with Gasteiger partial charge in [0.05, 0.1) is 27.8 Å². The van der Waals surface area contributed by atoms with Crippen LogP contribution in [0.4, 0.5) is 0 Å². The van der Waals surface area contributed by atoms with Crippen LogP contribution in [0, 0.1) is 0 Å². The predicted octanol–water partition coefficient (Wildman–Crippen LogP) is 9.13. The minimum absolute atomic E-state index is 0. The van der Waals surface area contributed by atoms with E-state index in [1.165, 1.54) is 32.6 Å². The van der Waals surface area contributed by atoms with Crippen molar-refractivity contribution >= 4 is 43.6 Å². The summed E-state index contributed by atoms with van der Waals surface area (Å²) >= 11 is 0. The third-order valence-corrected chi connectivity index (χ3v) is 8.42. The molecule has 44 heavy (non-hydrogen) atoms. The fourth-order valence-electron chi connectivity index (χ4n) is 6.50. The second kappa shape index (κ2) is 10.5. The van der Waals surface area contributed by atoms with E-state index in [4.69, 9.17) is 4.98 Å². The molecule has 0 radical (unpaired) electrons. The second-order valence-corrected chi connectivity index (χ2v) is 10.8. The topological polar surface area (TPSA) is 40.6 Å². The second-order valence-electron chi connectivity index (χ2n) is 10.8. The van der Waals surface area contributed by atoms with Crippen LogP contribution in [0.2, 0.25) is 0 Å². The number of pyridine rings is 1. The largest absolute Gasteiger partial charge is 0.309 e. The number of benzene rings is 5. The number of nitrogens with zero attached hydrogens (tertiary/aromatic N) is 5. The molecule has 0 aliphatic carbocycles. The van der Waals surface area contributed by atoms with Gasteiger partial charge in [0.2, 0.25) is 0 Å². The molecule has 0 saturated heterocycles. The molecule has 4 heterocycles. The first-order chi connectivity index (χ1) is 21.3. The van der Waals surface area contributed by atoms with Gasteiger partial charge in [-0.25, -0.2) is 9.67 Å². The standard InChI is InChI=1S/C38H25N5.Pt/c1-2-9-26(10-3-1)27-19-21-39-38(23-27)43-35-14-7-5-12-31(35)33-18-16-29(25-37(33)43)42-34-13-6-4-11-30(34)32-17-15-28(24-36(32)42)41-22-8-20-40-41;/h1-25H;. The minimum Gasteiger partial charge on any atom is -0.309 e. The van der Waals surface area contributed by atoms with Crippen molar-refractivity contribution in [3.8, 4) is 28.3 Å². The zero-order chi connectivity index (χ0) is 28.3. The molecule has 6 heteroatoms. The first kappa shape index (κ1) is 26.4. The minimum atomic E-state index is 0. The Morgan fingerprint density at radius 1 is 0.432 bits per heavy atom. The summed E-state index contributed by atoms with van der Waals surface area (Å²) in [5.41, 5.74) is 8.99. The Kier molecular flexibility index (Phi) is 6.28. The van der Waals surface area contributed by atoms with Gasteiger partial charge in [0, 0.05) is 66.9 Å². The maximum absolute atomic E-state index is 4.89. The summed E-state index contributed by atoms with van der Waals surface area (Å²) in [7, 11) is 0. The third-order valence-electron chi connectivity index (χ3n) is 8.42. The van der Waals surface area contributed by atoms with Crippen LogP contribution in [0.5, 0.6) is 0 Å². The molecule has 9 aromatic rings. The molecule has 0 bridgehead atoms. The summed E-state index contributed by atoms with van der Waals surface area (Å²) in [4.78, 5) is 4.89. The van der Waals surface area contributed by atoms with E-state index in [1.807, 2.05) is 35.4 Å². The van der Waals surface area contributed by atoms with Crippen LogP contribution >= 0.6 is 0 Å². The van der Waals surface area contributed by atoms with Crippen molar-refractivity contribution in [3.63, 3.8) is 0 Å². The average Bonchev–Trinajstić information content (AvgIpc) is 3.80. The molecule has 4 aromatic heterocycles. The smallest absolute Gasteiger partial charge is 0.138 e. The van der Waals surface area contributed by atoms with E-state index in [9.17, 15) is 0 Å². The Bertz CT molecular complexity index is 2450. The molecule has 0 amide bonds. The van der Waals surface area contributed by atoms with Crippen molar-refractivity contribution in [1.82, 2.24) is 23.9 Å². The first-order valence-corrected chi connectivity index (χ1v) is 14.4. The van der Waals surface area contributed by atoms with E-state index in [0.29, 0.717) is 0 Å². The van der Waals surface area contributed by atoms with Gasteiger partial charge < -0.3 is 4.57 Å². The van der Waals surface area contributed by atoms with Gasteiger partial charge in [-0.15, -0.1) is 0 Å². The van der Waals surface area contributed by atoms with Crippen LogP contribution in [-0.4, -0.2) is 23.9 Å². The van der Waals surface area contributed by atoms with Crippen LogP contribution in [0.15, 0.2) is 152 Å². The van der Waals surface area contributed by atoms with E-state index in [1.54, 1.807) is 0 Å².